The summed E-state index contributed by atoms with van der Waals surface area (Å²) in [5, 5.41) is 6.80. The van der Waals surface area contributed by atoms with Gasteiger partial charge in [-0.3, -0.25) is 0 Å². The molecule has 0 radical (unpaired) electrons. The second-order valence-electron chi connectivity index (χ2n) is 6.15. The maximum atomic E-state index is 6.19. The van der Waals surface area contributed by atoms with Gasteiger partial charge >= 0.3 is 0 Å². The first-order valence-corrected chi connectivity index (χ1v) is 8.92. The summed E-state index contributed by atoms with van der Waals surface area (Å²) >= 11 is 12.2. The van der Waals surface area contributed by atoms with Crippen LogP contribution in [0, 0.1) is 0 Å². The van der Waals surface area contributed by atoms with Crippen molar-refractivity contribution >= 4 is 45.6 Å². The fraction of sp³-hybridized carbons (Fsp3) is 0.150. The molecular formula is C20H17Cl2N3. The van der Waals surface area contributed by atoms with Gasteiger partial charge in [-0.05, 0) is 47.1 Å². The van der Waals surface area contributed by atoms with Gasteiger partial charge in [-0.1, -0.05) is 59.6 Å². The van der Waals surface area contributed by atoms with E-state index >= 15 is 0 Å². The lowest BCUT2D eigenvalue weighted by Crippen LogP contribution is -2.22. The Morgan fingerprint density at radius 3 is 2.60 bits per heavy atom. The summed E-state index contributed by atoms with van der Waals surface area (Å²) in [6.45, 7) is 0.374. The normalized spacial score (nSPS) is 13.4. The van der Waals surface area contributed by atoms with Gasteiger partial charge in [0.25, 0.3) is 0 Å². The molecule has 0 saturated heterocycles. The third kappa shape index (κ3) is 3.06. The summed E-state index contributed by atoms with van der Waals surface area (Å²) in [6, 6.07) is 16.2. The number of nitrogens with zero attached hydrogens (tertiary/aromatic N) is 1. The maximum Gasteiger partial charge on any atom is 0.193 e. The van der Waals surface area contributed by atoms with Gasteiger partial charge in [0.2, 0.25) is 0 Å². The van der Waals surface area contributed by atoms with Gasteiger partial charge in [0.15, 0.2) is 5.96 Å². The molecule has 126 valence electrons. The Hall–Kier alpha value is -2.23. The van der Waals surface area contributed by atoms with Crippen LogP contribution in [0.3, 0.4) is 0 Å². The summed E-state index contributed by atoms with van der Waals surface area (Å²) in [4.78, 5) is 4.40. The van der Waals surface area contributed by atoms with E-state index in [0.717, 1.165) is 24.1 Å². The number of aryl methyl sites for hydroxylation is 2. The second kappa shape index (κ2) is 6.58. The Balaban J connectivity index is 1.60. The lowest BCUT2D eigenvalue weighted by molar-refractivity contribution is 1.02. The summed E-state index contributed by atoms with van der Waals surface area (Å²) in [5.41, 5.74) is 10.7. The number of hydrogen-bond acceptors (Lipinski definition) is 1. The summed E-state index contributed by atoms with van der Waals surface area (Å²) in [6.07, 6.45) is 2.21. The number of nitrogens with two attached hydrogens (primary N) is 1. The molecule has 4 rings (SSSR count). The third-order valence-electron chi connectivity index (χ3n) is 4.59. The van der Waals surface area contributed by atoms with Crippen LogP contribution in [0.2, 0.25) is 10.0 Å². The van der Waals surface area contributed by atoms with Crippen molar-refractivity contribution in [1.82, 2.24) is 0 Å². The Kier molecular flexibility index (Phi) is 4.28. The van der Waals surface area contributed by atoms with Crippen LogP contribution in [-0.4, -0.2) is 5.96 Å². The van der Waals surface area contributed by atoms with E-state index in [9.17, 15) is 0 Å². The van der Waals surface area contributed by atoms with Crippen LogP contribution in [0.25, 0.3) is 10.8 Å². The number of guanidine groups is 1. The van der Waals surface area contributed by atoms with Gasteiger partial charge in [-0.25, -0.2) is 4.99 Å². The van der Waals surface area contributed by atoms with Crippen LogP contribution in [0.1, 0.15) is 16.7 Å². The predicted molar refractivity (Wildman–Crippen MR) is 107 cm³/mol. The zero-order valence-corrected chi connectivity index (χ0v) is 15.0. The fourth-order valence-corrected chi connectivity index (χ4v) is 3.75. The number of aliphatic imine (C=N–C) groups is 1. The number of anilines is 1. The van der Waals surface area contributed by atoms with Crippen LogP contribution in [0.15, 0.2) is 53.5 Å². The fourth-order valence-electron chi connectivity index (χ4n) is 3.37. The number of halogens is 2. The summed E-state index contributed by atoms with van der Waals surface area (Å²) in [5.74, 6) is 0.356. The quantitative estimate of drug-likeness (QED) is 0.494. The summed E-state index contributed by atoms with van der Waals surface area (Å²) < 4.78 is 0. The van der Waals surface area contributed by atoms with Crippen LogP contribution in [0.5, 0.6) is 0 Å². The van der Waals surface area contributed by atoms with Crippen molar-refractivity contribution < 1.29 is 0 Å². The molecule has 1 aliphatic rings. The molecule has 0 saturated carbocycles. The van der Waals surface area contributed by atoms with Crippen molar-refractivity contribution in [1.29, 1.82) is 0 Å². The van der Waals surface area contributed by atoms with E-state index in [1.54, 1.807) is 6.07 Å². The standard InChI is InChI=1S/C20H17Cl2N3/c21-16-6-2-4-14(19(16)22)11-24-20(23)25-17-10-9-13-8-7-12-3-1-5-15(17)18(12)13/h1-6,9-10H,7-8,11H2,(H3,23,24,25). The number of hydrogen-bond donors (Lipinski definition) is 2. The van der Waals surface area contributed by atoms with E-state index in [1.807, 2.05) is 12.1 Å². The van der Waals surface area contributed by atoms with Gasteiger partial charge < -0.3 is 11.1 Å². The Bertz CT molecular complexity index is 985. The van der Waals surface area contributed by atoms with Crippen molar-refractivity contribution in [2.75, 3.05) is 5.32 Å². The van der Waals surface area contributed by atoms with E-state index in [1.165, 1.54) is 21.9 Å². The van der Waals surface area contributed by atoms with Crippen molar-refractivity contribution in [2.24, 2.45) is 10.7 Å². The highest BCUT2D eigenvalue weighted by Gasteiger charge is 2.15. The SMILES string of the molecule is NC(=NCc1cccc(Cl)c1Cl)Nc1ccc2c3c(cccc13)CC2. The predicted octanol–water partition coefficient (Wildman–Crippen LogP) is 5.17. The molecule has 0 heterocycles. The molecule has 25 heavy (non-hydrogen) atoms. The zero-order chi connectivity index (χ0) is 17.4. The number of benzene rings is 3. The van der Waals surface area contributed by atoms with Crippen LogP contribution in [-0.2, 0) is 19.4 Å². The topological polar surface area (TPSA) is 50.4 Å². The molecule has 3 nitrogen and oxygen atoms in total. The smallest absolute Gasteiger partial charge is 0.193 e. The van der Waals surface area contributed by atoms with Crippen LogP contribution in [0.4, 0.5) is 5.69 Å². The van der Waals surface area contributed by atoms with Gasteiger partial charge in [-0.2, -0.15) is 0 Å². The highest BCUT2D eigenvalue weighted by molar-refractivity contribution is 6.42. The monoisotopic (exact) mass is 369 g/mol. The van der Waals surface area contributed by atoms with Gasteiger partial charge in [0.05, 0.1) is 16.6 Å². The van der Waals surface area contributed by atoms with Crippen LogP contribution >= 0.6 is 23.2 Å². The van der Waals surface area contributed by atoms with E-state index in [4.69, 9.17) is 28.9 Å². The molecule has 0 amide bonds. The van der Waals surface area contributed by atoms with Crippen molar-refractivity contribution in [2.45, 2.75) is 19.4 Å². The first-order chi connectivity index (χ1) is 12.1. The molecule has 5 heteroatoms. The van der Waals surface area contributed by atoms with E-state index in [2.05, 4.69) is 40.6 Å². The molecule has 0 fully saturated rings. The van der Waals surface area contributed by atoms with Crippen molar-refractivity contribution in [3.63, 3.8) is 0 Å². The van der Waals surface area contributed by atoms with E-state index in [0.29, 0.717) is 22.5 Å². The average molecular weight is 370 g/mol. The second-order valence-corrected chi connectivity index (χ2v) is 6.94. The maximum absolute atomic E-state index is 6.19. The van der Waals surface area contributed by atoms with E-state index in [-0.39, 0.29) is 0 Å². The van der Waals surface area contributed by atoms with Gasteiger partial charge in [0.1, 0.15) is 0 Å². The summed E-state index contributed by atoms with van der Waals surface area (Å²) in [7, 11) is 0. The molecule has 1 aliphatic carbocycles. The molecular weight excluding hydrogens is 353 g/mol. The van der Waals surface area contributed by atoms with Crippen LogP contribution < -0.4 is 11.1 Å². The molecule has 3 N–H and O–H groups in total. The van der Waals surface area contributed by atoms with Crippen molar-refractivity contribution in [3.8, 4) is 0 Å². The molecule has 3 aromatic rings. The van der Waals surface area contributed by atoms with Gasteiger partial charge in [-0.15, -0.1) is 0 Å². The minimum absolute atomic E-state index is 0.356. The zero-order valence-electron chi connectivity index (χ0n) is 13.5. The number of nitrogens with one attached hydrogen (secondary N) is 1. The van der Waals surface area contributed by atoms with E-state index < -0.39 is 0 Å². The molecule has 0 spiro atoms. The Morgan fingerprint density at radius 1 is 1.00 bits per heavy atom. The number of rotatable bonds is 3. The highest BCUT2D eigenvalue weighted by Crippen LogP contribution is 2.35. The minimum atomic E-state index is 0.356. The van der Waals surface area contributed by atoms with Gasteiger partial charge in [0, 0.05) is 11.1 Å². The first kappa shape index (κ1) is 16.2. The lowest BCUT2D eigenvalue weighted by atomic mass is 10.0. The molecule has 0 bridgehead atoms. The Labute approximate surface area is 156 Å². The molecule has 0 aliphatic heterocycles. The molecule has 3 aromatic carbocycles. The van der Waals surface area contributed by atoms with Crippen molar-refractivity contribution in [3.05, 3.63) is 75.3 Å². The highest BCUT2D eigenvalue weighted by atomic mass is 35.5. The third-order valence-corrected chi connectivity index (χ3v) is 5.45. The lowest BCUT2D eigenvalue weighted by Gasteiger charge is -2.11. The largest absolute Gasteiger partial charge is 0.370 e. The minimum Gasteiger partial charge on any atom is -0.370 e. The Morgan fingerprint density at radius 2 is 1.76 bits per heavy atom. The molecule has 0 aromatic heterocycles. The molecule has 0 atom stereocenters. The average Bonchev–Trinajstić information content (AvgIpc) is 3.03. The first-order valence-electron chi connectivity index (χ1n) is 8.17. The molecule has 0 unspecified atom stereocenters.